The minimum atomic E-state index is -3.05. The number of aromatic nitrogens is 3. The van der Waals surface area contributed by atoms with Crippen LogP contribution in [0.5, 0.6) is 0 Å². The lowest BCUT2D eigenvalue weighted by Crippen LogP contribution is -2.16. The molecule has 10 heteroatoms. The van der Waals surface area contributed by atoms with Crippen LogP contribution >= 0.6 is 11.6 Å². The molecule has 154 valence electrons. The van der Waals surface area contributed by atoms with Crippen LogP contribution in [0.3, 0.4) is 0 Å². The molecule has 0 aliphatic heterocycles. The molecule has 1 aromatic carbocycles. The fourth-order valence-corrected chi connectivity index (χ4v) is 4.04. The second-order valence-corrected chi connectivity index (χ2v) is 9.11. The fraction of sp³-hybridized carbons (Fsp3) is 0.263. The summed E-state index contributed by atoms with van der Waals surface area (Å²) < 4.78 is 47.5. The quantitative estimate of drug-likeness (QED) is 0.512. The van der Waals surface area contributed by atoms with Gasteiger partial charge in [0, 0.05) is 11.9 Å². The van der Waals surface area contributed by atoms with Crippen LogP contribution in [0.25, 0.3) is 0 Å². The molecule has 0 fully saturated rings. The van der Waals surface area contributed by atoms with Crippen LogP contribution in [0.4, 0.5) is 14.6 Å². The highest BCUT2D eigenvalue weighted by Gasteiger charge is 2.23. The van der Waals surface area contributed by atoms with Gasteiger partial charge in [-0.05, 0) is 43.2 Å². The number of aromatic amines is 1. The van der Waals surface area contributed by atoms with Crippen LogP contribution in [0.2, 0.25) is 5.02 Å². The van der Waals surface area contributed by atoms with Crippen molar-refractivity contribution in [2.45, 2.75) is 31.3 Å². The maximum absolute atomic E-state index is 13.8. The van der Waals surface area contributed by atoms with Crippen molar-refractivity contribution in [2.24, 2.45) is 0 Å². The lowest BCUT2D eigenvalue weighted by Gasteiger charge is -2.19. The van der Waals surface area contributed by atoms with E-state index in [4.69, 9.17) is 16.4 Å². The van der Waals surface area contributed by atoms with Gasteiger partial charge < -0.3 is 10.3 Å². The van der Waals surface area contributed by atoms with Crippen molar-refractivity contribution in [3.8, 4) is 0 Å². The Balaban J connectivity index is 2.11. The third-order valence-electron chi connectivity index (χ3n) is 4.32. The molecule has 29 heavy (non-hydrogen) atoms. The molecule has 3 aromatic rings. The van der Waals surface area contributed by atoms with Gasteiger partial charge in [-0.1, -0.05) is 24.6 Å². The van der Waals surface area contributed by atoms with E-state index in [1.807, 2.05) is 0 Å². The predicted octanol–water partition coefficient (Wildman–Crippen LogP) is 4.84. The number of anilines is 1. The van der Waals surface area contributed by atoms with E-state index in [1.54, 1.807) is 13.8 Å². The van der Waals surface area contributed by atoms with Crippen LogP contribution in [-0.2, 0) is 16.1 Å². The van der Waals surface area contributed by atoms with Crippen molar-refractivity contribution in [1.82, 2.24) is 15.0 Å². The van der Waals surface area contributed by atoms with Gasteiger partial charge in [0.25, 0.3) is 0 Å². The van der Waals surface area contributed by atoms with E-state index in [0.29, 0.717) is 35.0 Å². The Labute approximate surface area is 172 Å². The highest BCUT2D eigenvalue weighted by atomic mass is 35.5. The molecule has 0 bridgehead atoms. The number of rotatable bonds is 6. The van der Waals surface area contributed by atoms with Crippen molar-refractivity contribution in [1.29, 1.82) is 4.78 Å². The Morgan fingerprint density at radius 3 is 2.52 bits per heavy atom. The Bertz CT molecular complexity index is 1160. The maximum Gasteiger partial charge on any atom is 0.156 e. The topological polar surface area (TPSA) is 94.5 Å². The largest absolute Gasteiger partial charge is 0.356 e. The Kier molecular flexibility index (Phi) is 5.90. The van der Waals surface area contributed by atoms with Crippen LogP contribution in [-0.4, -0.2) is 25.4 Å². The summed E-state index contributed by atoms with van der Waals surface area (Å²) in [4.78, 5) is 11.7. The average molecular weight is 440 g/mol. The minimum absolute atomic E-state index is 0.0705. The number of benzene rings is 1. The molecule has 0 spiro atoms. The van der Waals surface area contributed by atoms with Gasteiger partial charge in [0.15, 0.2) is 5.03 Å². The maximum atomic E-state index is 13.8. The molecule has 0 saturated heterocycles. The number of halogens is 3. The van der Waals surface area contributed by atoms with Crippen molar-refractivity contribution >= 4 is 27.1 Å². The summed E-state index contributed by atoms with van der Waals surface area (Å²) in [5, 5.41) is 3.21. The summed E-state index contributed by atoms with van der Waals surface area (Å²) in [6, 6.07) is 6.32. The molecule has 2 unspecified atom stereocenters. The van der Waals surface area contributed by atoms with E-state index >= 15 is 0 Å². The van der Waals surface area contributed by atoms with Gasteiger partial charge in [-0.25, -0.2) is 27.7 Å². The molecule has 0 radical (unpaired) electrons. The first kappa shape index (κ1) is 21.2. The molecule has 2 aromatic heterocycles. The monoisotopic (exact) mass is 439 g/mol. The summed E-state index contributed by atoms with van der Waals surface area (Å²) in [5.74, 6) is -0.240. The third kappa shape index (κ3) is 4.56. The molecule has 0 saturated carbocycles. The van der Waals surface area contributed by atoms with Gasteiger partial charge in [0.05, 0.1) is 20.4 Å². The molecule has 0 aliphatic carbocycles. The first-order valence-electron chi connectivity index (χ1n) is 8.77. The van der Waals surface area contributed by atoms with Crippen molar-refractivity contribution < 1.29 is 13.0 Å². The number of hydrogen-bond donors (Lipinski definition) is 3. The van der Waals surface area contributed by atoms with Gasteiger partial charge in [-0.2, -0.15) is 0 Å². The number of pyridine rings is 1. The summed E-state index contributed by atoms with van der Waals surface area (Å²) in [7, 11) is -3.05. The highest BCUT2D eigenvalue weighted by Crippen LogP contribution is 2.29. The fourth-order valence-electron chi connectivity index (χ4n) is 2.94. The number of nitrogens with one attached hydrogen (secondary N) is 3. The first-order chi connectivity index (χ1) is 13.6. The predicted molar refractivity (Wildman–Crippen MR) is 109 cm³/mol. The van der Waals surface area contributed by atoms with E-state index < -0.39 is 27.4 Å². The molecule has 3 rings (SSSR count). The van der Waals surface area contributed by atoms with Gasteiger partial charge in [0.2, 0.25) is 0 Å². The van der Waals surface area contributed by atoms with Crippen LogP contribution in [0, 0.1) is 23.3 Å². The molecular formula is C19H20ClF2N5OS. The van der Waals surface area contributed by atoms with E-state index in [1.165, 1.54) is 36.6 Å². The molecular weight excluding hydrogens is 420 g/mol. The first-order valence-corrected chi connectivity index (χ1v) is 11.1. The van der Waals surface area contributed by atoms with Crippen molar-refractivity contribution in [2.75, 3.05) is 11.6 Å². The summed E-state index contributed by atoms with van der Waals surface area (Å²) >= 11 is 5.95. The summed E-state index contributed by atoms with van der Waals surface area (Å²) in [6.07, 6.45) is 1.70. The van der Waals surface area contributed by atoms with Crippen LogP contribution in [0.1, 0.15) is 35.7 Å². The Morgan fingerprint density at radius 1 is 1.24 bits per heavy atom. The Morgan fingerprint density at radius 2 is 1.93 bits per heavy atom. The van der Waals surface area contributed by atoms with E-state index in [2.05, 4.69) is 20.3 Å². The van der Waals surface area contributed by atoms with Gasteiger partial charge in [0.1, 0.15) is 29.3 Å². The number of aryl methyl sites for hydroxylation is 2. The van der Waals surface area contributed by atoms with Gasteiger partial charge in [-0.15, -0.1) is 0 Å². The third-order valence-corrected chi connectivity index (χ3v) is 5.75. The summed E-state index contributed by atoms with van der Waals surface area (Å²) in [6.45, 7) is 3.46. The van der Waals surface area contributed by atoms with E-state index in [0.717, 1.165) is 0 Å². The van der Waals surface area contributed by atoms with Crippen molar-refractivity contribution in [3.05, 3.63) is 69.8 Å². The molecule has 2 heterocycles. The van der Waals surface area contributed by atoms with Gasteiger partial charge >= 0.3 is 0 Å². The van der Waals surface area contributed by atoms with E-state index in [9.17, 15) is 13.0 Å². The molecule has 6 nitrogen and oxygen atoms in total. The normalized spacial score (nSPS) is 14.4. The zero-order valence-electron chi connectivity index (χ0n) is 16.0. The summed E-state index contributed by atoms with van der Waals surface area (Å²) in [5.41, 5.74) is 1.35. The SMILES string of the molecule is CCc1nc(NC(c2ccc(F)c(Cl)c2)c2nc(S(C)(=N)=O)c(C)[nH]2)ccc1F. The second kappa shape index (κ2) is 8.08. The number of hydrogen-bond acceptors (Lipinski definition) is 5. The van der Waals surface area contributed by atoms with Crippen LogP contribution in [0.15, 0.2) is 35.4 Å². The molecule has 3 N–H and O–H groups in total. The highest BCUT2D eigenvalue weighted by molar-refractivity contribution is 7.91. The zero-order chi connectivity index (χ0) is 21.3. The number of nitrogens with zero attached hydrogens (tertiary/aromatic N) is 2. The number of H-pyrrole nitrogens is 1. The van der Waals surface area contributed by atoms with Crippen molar-refractivity contribution in [3.63, 3.8) is 0 Å². The second-order valence-electron chi connectivity index (χ2n) is 6.63. The Hall–Kier alpha value is -2.52. The van der Waals surface area contributed by atoms with E-state index in [-0.39, 0.29) is 10.0 Å². The lowest BCUT2D eigenvalue weighted by atomic mass is 10.1. The standard InChI is InChI=1S/C19H20ClF2N5OS/c1-4-15-14(22)7-8-16(25-15)26-17(11-5-6-13(21)12(20)9-11)18-24-10(2)19(27-18)29(3,23)28/h5-9,17,23H,4H2,1-3H3,(H,24,27)(H,25,26). The minimum Gasteiger partial charge on any atom is -0.356 e. The smallest absolute Gasteiger partial charge is 0.156 e. The average Bonchev–Trinajstić information content (AvgIpc) is 3.05. The van der Waals surface area contributed by atoms with Crippen LogP contribution < -0.4 is 5.32 Å². The van der Waals surface area contributed by atoms with Gasteiger partial charge in [-0.3, -0.25) is 0 Å². The zero-order valence-corrected chi connectivity index (χ0v) is 17.6. The molecule has 0 aliphatic rings. The molecule has 0 amide bonds. The molecule has 2 atom stereocenters. The number of imidazole rings is 1. The lowest BCUT2D eigenvalue weighted by molar-refractivity contribution is 0.602.